The van der Waals surface area contributed by atoms with Crippen molar-refractivity contribution in [1.29, 1.82) is 0 Å². The Morgan fingerprint density at radius 2 is 0.719 bits per heavy atom. The smallest absolute Gasteiger partial charge is 0.0433 e. The first kappa shape index (κ1) is 31.8. The van der Waals surface area contributed by atoms with Gasteiger partial charge in [0.25, 0.3) is 0 Å². The van der Waals surface area contributed by atoms with E-state index in [2.05, 4.69) is 184 Å². The maximum absolute atomic E-state index is 2.52. The van der Waals surface area contributed by atoms with Gasteiger partial charge in [0.1, 0.15) is 0 Å². The lowest BCUT2D eigenvalue weighted by Crippen LogP contribution is -2.16. The Hall–Kier alpha value is -6.32. The van der Waals surface area contributed by atoms with E-state index in [9.17, 15) is 0 Å². The molecule has 1 aliphatic rings. The molecule has 2 aromatic heterocycles. The molecule has 1 aliphatic carbocycles. The maximum atomic E-state index is 2.52. The van der Waals surface area contributed by atoms with Crippen LogP contribution < -0.4 is 0 Å². The van der Waals surface area contributed by atoms with Crippen LogP contribution in [0.2, 0.25) is 0 Å². The molecule has 2 heteroatoms. The molecule has 2 heterocycles. The predicted octanol–water partition coefficient (Wildman–Crippen LogP) is 16.7. The van der Waals surface area contributed by atoms with Crippen LogP contribution in [0.15, 0.2) is 170 Å². The minimum Gasteiger partial charge on any atom is -0.135 e. The highest BCUT2D eigenvalue weighted by Gasteiger charge is 2.41. The molecule has 0 radical (unpaired) electrons. The Balaban J connectivity index is 1.18. The lowest BCUT2D eigenvalue weighted by molar-refractivity contribution is 0.673. The molecular weight excluding hydrogens is 725 g/mol. The molecule has 0 unspecified atom stereocenters. The Morgan fingerprint density at radius 3 is 1.32 bits per heavy atom. The zero-order valence-electron chi connectivity index (χ0n) is 31.5. The quantitative estimate of drug-likeness (QED) is 0.154. The van der Waals surface area contributed by atoms with Crippen molar-refractivity contribution in [2.45, 2.75) is 19.3 Å². The van der Waals surface area contributed by atoms with Crippen molar-refractivity contribution in [3.8, 4) is 33.4 Å². The number of benzene rings is 10. The Morgan fingerprint density at radius 1 is 0.316 bits per heavy atom. The SMILES string of the molecule is CC1(C)c2c(c3ccccc3c3ccccc23)-c2c1c1cc(-c3cccc4c3sc3ccccc34)ccc1c1ccc(-c3cccc4c3sc3ccccc34)cc21. The van der Waals surface area contributed by atoms with Gasteiger partial charge in [-0.15, -0.1) is 22.7 Å². The van der Waals surface area contributed by atoms with E-state index < -0.39 is 0 Å². The van der Waals surface area contributed by atoms with E-state index >= 15 is 0 Å². The number of hydrogen-bond acceptors (Lipinski definition) is 2. The molecule has 0 spiro atoms. The van der Waals surface area contributed by atoms with Crippen LogP contribution in [-0.2, 0) is 5.41 Å². The van der Waals surface area contributed by atoms with Gasteiger partial charge in [0.2, 0.25) is 0 Å². The zero-order chi connectivity index (χ0) is 37.6. The van der Waals surface area contributed by atoms with E-state index in [4.69, 9.17) is 0 Å². The van der Waals surface area contributed by atoms with Crippen LogP contribution in [0.5, 0.6) is 0 Å². The first-order chi connectivity index (χ1) is 28.0. The number of thiophene rings is 2. The summed E-state index contributed by atoms with van der Waals surface area (Å²) in [6.07, 6.45) is 0. The van der Waals surface area contributed by atoms with Gasteiger partial charge >= 0.3 is 0 Å². The summed E-state index contributed by atoms with van der Waals surface area (Å²) >= 11 is 3.82. The molecule has 57 heavy (non-hydrogen) atoms. The zero-order valence-corrected chi connectivity index (χ0v) is 33.1. The highest BCUT2D eigenvalue weighted by atomic mass is 32.1. The van der Waals surface area contributed by atoms with Crippen LogP contribution in [0.4, 0.5) is 0 Å². The number of rotatable bonds is 2. The molecule has 0 bridgehead atoms. The van der Waals surface area contributed by atoms with Crippen LogP contribution in [0.25, 0.3) is 117 Å². The lowest BCUT2D eigenvalue weighted by atomic mass is 9.77. The third-order valence-corrected chi connectivity index (χ3v) is 15.4. The maximum Gasteiger partial charge on any atom is 0.0433 e. The van der Waals surface area contributed by atoms with Crippen molar-refractivity contribution in [3.63, 3.8) is 0 Å². The van der Waals surface area contributed by atoms with Crippen LogP contribution in [0.1, 0.15) is 25.0 Å². The first-order valence-corrected chi connectivity index (χ1v) is 21.5. The van der Waals surface area contributed by atoms with Crippen molar-refractivity contribution < 1.29 is 0 Å². The van der Waals surface area contributed by atoms with Crippen molar-refractivity contribution >= 4 is 106 Å². The van der Waals surface area contributed by atoms with E-state index in [-0.39, 0.29) is 5.41 Å². The number of fused-ring (bicyclic) bond motifs is 19. The second-order valence-corrected chi connectivity index (χ2v) is 18.4. The minimum atomic E-state index is -0.259. The van der Waals surface area contributed by atoms with E-state index in [1.807, 2.05) is 22.7 Å². The van der Waals surface area contributed by atoms with Gasteiger partial charge in [0, 0.05) is 45.8 Å². The molecule has 0 atom stereocenters. The summed E-state index contributed by atoms with van der Waals surface area (Å²) in [5, 5.41) is 16.0. The summed E-state index contributed by atoms with van der Waals surface area (Å²) < 4.78 is 5.39. The standard InChI is InChI=1S/C55H34S2/c1-55(2)51-42-18-6-4-14-36(42)35-13-3-5-17-41(35)49(51)50-45-29-31(33-19-11-21-43-39-15-7-9-23-47(39)56-53(33)43)25-27-37(45)38-28-26-32(30-46(38)52(50)55)34-20-12-22-44-40-16-8-10-24-48(40)57-54(34)44/h3-30H,1-2H3. The van der Waals surface area contributed by atoms with Crippen molar-refractivity contribution in [1.82, 2.24) is 0 Å². The van der Waals surface area contributed by atoms with E-state index in [0.29, 0.717) is 0 Å². The molecule has 0 saturated heterocycles. The molecule has 0 saturated carbocycles. The Kier molecular flexibility index (Phi) is 6.36. The largest absolute Gasteiger partial charge is 0.135 e. The molecule has 0 N–H and O–H groups in total. The average Bonchev–Trinajstić information content (AvgIpc) is 3.91. The Bertz CT molecular complexity index is 3720. The van der Waals surface area contributed by atoms with E-state index in [1.54, 1.807) is 0 Å². The summed E-state index contributed by atoms with van der Waals surface area (Å²) in [5.41, 5.74) is 10.6. The summed E-state index contributed by atoms with van der Waals surface area (Å²) in [6.45, 7) is 4.96. The summed E-state index contributed by atoms with van der Waals surface area (Å²) in [4.78, 5) is 0. The summed E-state index contributed by atoms with van der Waals surface area (Å²) in [6, 6.07) is 64.2. The van der Waals surface area contributed by atoms with Gasteiger partial charge in [0.15, 0.2) is 0 Å². The van der Waals surface area contributed by atoms with Crippen molar-refractivity contribution in [2.24, 2.45) is 0 Å². The topological polar surface area (TPSA) is 0 Å². The highest BCUT2D eigenvalue weighted by Crippen LogP contribution is 2.59. The van der Waals surface area contributed by atoms with Gasteiger partial charge in [-0.3, -0.25) is 0 Å². The van der Waals surface area contributed by atoms with Crippen LogP contribution in [-0.4, -0.2) is 0 Å². The first-order valence-electron chi connectivity index (χ1n) is 19.8. The second kappa shape index (κ2) is 11.4. The third kappa shape index (κ3) is 4.22. The normalized spacial score (nSPS) is 13.6. The Labute approximate surface area is 337 Å². The van der Waals surface area contributed by atoms with Gasteiger partial charge in [-0.2, -0.15) is 0 Å². The minimum absolute atomic E-state index is 0.259. The van der Waals surface area contributed by atoms with Crippen molar-refractivity contribution in [2.75, 3.05) is 0 Å². The van der Waals surface area contributed by atoms with Crippen LogP contribution in [0.3, 0.4) is 0 Å². The molecular formula is C55H34S2. The molecule has 10 aromatic carbocycles. The molecule has 12 aromatic rings. The fraction of sp³-hybridized carbons (Fsp3) is 0.0545. The third-order valence-electron chi connectivity index (χ3n) is 13.0. The van der Waals surface area contributed by atoms with Crippen LogP contribution >= 0.6 is 22.7 Å². The second-order valence-electron chi connectivity index (χ2n) is 16.3. The summed E-state index contributed by atoms with van der Waals surface area (Å²) in [5.74, 6) is 0. The van der Waals surface area contributed by atoms with Gasteiger partial charge < -0.3 is 0 Å². The molecule has 0 fully saturated rings. The predicted molar refractivity (Wildman–Crippen MR) is 251 cm³/mol. The fourth-order valence-electron chi connectivity index (χ4n) is 10.6. The van der Waals surface area contributed by atoms with E-state index in [1.165, 1.54) is 128 Å². The van der Waals surface area contributed by atoms with Gasteiger partial charge in [-0.05, 0) is 112 Å². The summed E-state index contributed by atoms with van der Waals surface area (Å²) in [7, 11) is 0. The number of hydrogen-bond donors (Lipinski definition) is 0. The van der Waals surface area contributed by atoms with Gasteiger partial charge in [0.05, 0.1) is 0 Å². The average molecular weight is 759 g/mol. The van der Waals surface area contributed by atoms with E-state index in [0.717, 1.165) is 0 Å². The molecule has 0 aliphatic heterocycles. The van der Waals surface area contributed by atoms with Gasteiger partial charge in [-0.1, -0.05) is 159 Å². The lowest BCUT2D eigenvalue weighted by Gasteiger charge is -2.26. The molecule has 13 rings (SSSR count). The van der Waals surface area contributed by atoms with Crippen LogP contribution in [0, 0.1) is 0 Å². The molecule has 266 valence electrons. The van der Waals surface area contributed by atoms with Crippen molar-refractivity contribution in [3.05, 3.63) is 181 Å². The highest BCUT2D eigenvalue weighted by molar-refractivity contribution is 7.26. The monoisotopic (exact) mass is 758 g/mol. The molecule has 0 amide bonds. The fourth-order valence-corrected chi connectivity index (χ4v) is 13.1. The van der Waals surface area contributed by atoms with Gasteiger partial charge in [-0.25, -0.2) is 0 Å². The molecule has 0 nitrogen and oxygen atoms in total.